The van der Waals surface area contributed by atoms with E-state index in [-0.39, 0.29) is 12.1 Å². The van der Waals surface area contributed by atoms with E-state index in [1.165, 1.54) is 4.68 Å². The maximum atomic E-state index is 8.71. The van der Waals surface area contributed by atoms with Crippen molar-refractivity contribution < 1.29 is 5.11 Å². The van der Waals surface area contributed by atoms with E-state index in [9.17, 15) is 0 Å². The van der Waals surface area contributed by atoms with Gasteiger partial charge in [0.25, 0.3) is 0 Å². The average molecular weight is 376 g/mol. The molecule has 1 aliphatic rings. The predicted octanol–water partition coefficient (Wildman–Crippen LogP) is 2.85. The van der Waals surface area contributed by atoms with Crippen molar-refractivity contribution in [3.8, 4) is 0 Å². The Morgan fingerprint density at radius 3 is 2.54 bits per heavy atom. The Balaban J connectivity index is 0.000000706. The van der Waals surface area contributed by atoms with Crippen LogP contribution in [-0.2, 0) is 5.41 Å². The highest BCUT2D eigenvalue weighted by atomic mass is 16.2. The van der Waals surface area contributed by atoms with Crippen LogP contribution in [0, 0.1) is 16.2 Å². The van der Waals surface area contributed by atoms with Crippen molar-refractivity contribution in [2.45, 2.75) is 32.1 Å². The first-order valence-electron chi connectivity index (χ1n) is 9.19. The molecule has 28 heavy (non-hydrogen) atoms. The molecule has 0 spiro atoms. The molecular formula is C21H24N6O. The molecule has 2 heterocycles. The van der Waals surface area contributed by atoms with Crippen LogP contribution in [0.5, 0.6) is 0 Å². The third-order valence-corrected chi connectivity index (χ3v) is 4.79. The predicted molar refractivity (Wildman–Crippen MR) is 109 cm³/mol. The van der Waals surface area contributed by atoms with Gasteiger partial charge in [-0.25, -0.2) is 4.68 Å². The summed E-state index contributed by atoms with van der Waals surface area (Å²) < 4.78 is 1.35. The summed E-state index contributed by atoms with van der Waals surface area (Å²) in [5, 5.41) is 37.5. The van der Waals surface area contributed by atoms with Gasteiger partial charge in [0.05, 0.1) is 16.6 Å². The van der Waals surface area contributed by atoms with Crippen molar-refractivity contribution in [3.05, 3.63) is 65.4 Å². The lowest BCUT2D eigenvalue weighted by atomic mass is 9.93. The second-order valence-electron chi connectivity index (χ2n) is 6.80. The first kappa shape index (κ1) is 19.6. The number of hydrogen-bond donors (Lipinski definition) is 4. The second kappa shape index (κ2) is 7.82. The third kappa shape index (κ3) is 3.61. The Kier molecular flexibility index (Phi) is 5.46. The minimum Gasteiger partial charge on any atom is -0.397 e. The van der Waals surface area contributed by atoms with Crippen LogP contribution in [0.4, 0.5) is 0 Å². The summed E-state index contributed by atoms with van der Waals surface area (Å²) in [7, 11) is 0. The number of pyridine rings is 1. The van der Waals surface area contributed by atoms with Crippen LogP contribution in [0.15, 0.2) is 48.7 Å². The second-order valence-corrected chi connectivity index (χ2v) is 6.80. The molecule has 2 aromatic heterocycles. The van der Waals surface area contributed by atoms with E-state index in [0.29, 0.717) is 17.2 Å². The van der Waals surface area contributed by atoms with Gasteiger partial charge in [0, 0.05) is 18.2 Å². The maximum Gasteiger partial charge on any atom is 0.148 e. The van der Waals surface area contributed by atoms with E-state index in [0.717, 1.165) is 29.3 Å². The van der Waals surface area contributed by atoms with Crippen LogP contribution in [0.25, 0.3) is 10.9 Å². The minimum absolute atomic E-state index is 0.156. The van der Waals surface area contributed by atoms with Gasteiger partial charge < -0.3 is 10.5 Å². The fourth-order valence-electron chi connectivity index (χ4n) is 3.16. The largest absolute Gasteiger partial charge is 0.397 e. The first-order valence-corrected chi connectivity index (χ1v) is 9.19. The zero-order valence-electron chi connectivity index (χ0n) is 16.0. The van der Waals surface area contributed by atoms with Crippen molar-refractivity contribution >= 4 is 22.5 Å². The van der Waals surface area contributed by atoms with E-state index in [4.69, 9.17) is 21.3 Å². The Hall–Kier alpha value is -3.19. The van der Waals surface area contributed by atoms with E-state index >= 15 is 0 Å². The fraction of sp³-hybridized carbons (Fsp3) is 0.286. The van der Waals surface area contributed by atoms with Crippen molar-refractivity contribution in [3.63, 3.8) is 0 Å². The van der Waals surface area contributed by atoms with Crippen LogP contribution in [0.2, 0.25) is 0 Å². The molecule has 0 saturated heterocycles. The van der Waals surface area contributed by atoms with Gasteiger partial charge in [-0.3, -0.25) is 15.8 Å². The van der Waals surface area contributed by atoms with Gasteiger partial charge in [-0.05, 0) is 62.6 Å². The highest BCUT2D eigenvalue weighted by Crippen LogP contribution is 2.49. The van der Waals surface area contributed by atoms with Gasteiger partial charge in [-0.2, -0.15) is 5.10 Å². The SMILES string of the molecule is CC(=N)c1ccc(=N)n(C(=N)C2(c3ccc4ncccc4c3)CC2)n1.CCO. The van der Waals surface area contributed by atoms with Gasteiger partial charge >= 0.3 is 0 Å². The summed E-state index contributed by atoms with van der Waals surface area (Å²) in [5.41, 5.74) is 2.54. The molecule has 0 unspecified atom stereocenters. The first-order chi connectivity index (χ1) is 13.4. The summed E-state index contributed by atoms with van der Waals surface area (Å²) in [6, 6.07) is 13.3. The van der Waals surface area contributed by atoms with Crippen LogP contribution in [0.1, 0.15) is 37.9 Å². The van der Waals surface area contributed by atoms with Crippen molar-refractivity contribution in [2.24, 2.45) is 0 Å². The average Bonchev–Trinajstić information content (AvgIpc) is 3.50. The van der Waals surface area contributed by atoms with E-state index < -0.39 is 5.41 Å². The molecule has 4 rings (SSSR count). The van der Waals surface area contributed by atoms with Crippen molar-refractivity contribution in [1.82, 2.24) is 14.8 Å². The topological polar surface area (TPSA) is 122 Å². The monoisotopic (exact) mass is 376 g/mol. The normalized spacial score (nSPS) is 14.1. The molecule has 3 aromatic rings. The number of aliphatic hydroxyl groups is 1. The molecule has 1 aliphatic carbocycles. The lowest BCUT2D eigenvalue weighted by molar-refractivity contribution is 0.318. The number of benzene rings is 1. The molecule has 1 aromatic carbocycles. The standard InChI is InChI=1S/C19H18N6.C2H6O/c1-12(20)15-6-7-17(21)25(24-15)18(22)19(8-9-19)14-4-5-16-13(11-14)3-2-10-23-16;1-2-3/h2-7,10-11,20-22H,8-9H2,1H3;3H,2H2,1H3. The highest BCUT2D eigenvalue weighted by molar-refractivity contribution is 5.97. The fourth-order valence-corrected chi connectivity index (χ4v) is 3.16. The van der Waals surface area contributed by atoms with Gasteiger partial charge in [-0.1, -0.05) is 12.1 Å². The molecule has 0 radical (unpaired) electrons. The summed E-state index contributed by atoms with van der Waals surface area (Å²) in [4.78, 5) is 4.35. The van der Waals surface area contributed by atoms with Crippen molar-refractivity contribution in [2.75, 3.05) is 6.61 Å². The summed E-state index contributed by atoms with van der Waals surface area (Å²) in [6.45, 7) is 3.59. The zero-order valence-corrected chi connectivity index (χ0v) is 16.0. The number of aromatic nitrogens is 3. The molecular weight excluding hydrogens is 352 g/mol. The number of fused-ring (bicyclic) bond motifs is 1. The number of rotatable bonds is 3. The van der Waals surface area contributed by atoms with Gasteiger partial charge in [0.2, 0.25) is 0 Å². The summed E-state index contributed by atoms with van der Waals surface area (Å²) >= 11 is 0. The Morgan fingerprint density at radius 2 is 1.89 bits per heavy atom. The van der Waals surface area contributed by atoms with Crippen LogP contribution in [0.3, 0.4) is 0 Å². The van der Waals surface area contributed by atoms with Gasteiger partial charge in [-0.15, -0.1) is 0 Å². The van der Waals surface area contributed by atoms with Gasteiger partial charge in [0.1, 0.15) is 17.0 Å². The summed E-state index contributed by atoms with van der Waals surface area (Å²) in [5.74, 6) is 0.295. The quantitative estimate of drug-likeness (QED) is 0.415. The molecule has 4 N–H and O–H groups in total. The third-order valence-electron chi connectivity index (χ3n) is 4.79. The van der Waals surface area contributed by atoms with Crippen LogP contribution in [-0.4, -0.2) is 38.0 Å². The van der Waals surface area contributed by atoms with E-state index in [1.54, 1.807) is 32.2 Å². The molecule has 0 amide bonds. The number of nitrogens with zero attached hydrogens (tertiary/aromatic N) is 3. The lowest BCUT2D eigenvalue weighted by Crippen LogP contribution is -2.37. The van der Waals surface area contributed by atoms with E-state index in [2.05, 4.69) is 16.1 Å². The number of hydrogen-bond acceptors (Lipinski definition) is 6. The Labute approximate surface area is 163 Å². The van der Waals surface area contributed by atoms with Crippen LogP contribution >= 0.6 is 0 Å². The molecule has 0 aliphatic heterocycles. The minimum atomic E-state index is -0.411. The number of aliphatic hydroxyl groups excluding tert-OH is 1. The zero-order chi connectivity index (χ0) is 20.3. The van der Waals surface area contributed by atoms with Gasteiger partial charge in [0.15, 0.2) is 0 Å². The Morgan fingerprint density at radius 1 is 1.18 bits per heavy atom. The maximum absolute atomic E-state index is 8.71. The molecule has 1 fully saturated rings. The summed E-state index contributed by atoms with van der Waals surface area (Å²) in [6.07, 6.45) is 3.49. The Bertz CT molecular complexity index is 1100. The molecule has 7 heteroatoms. The lowest BCUT2D eigenvalue weighted by Gasteiger charge is -2.19. The molecule has 144 valence electrons. The molecule has 1 saturated carbocycles. The van der Waals surface area contributed by atoms with E-state index in [1.807, 2.05) is 24.3 Å². The number of nitrogens with one attached hydrogen (secondary N) is 3. The highest BCUT2D eigenvalue weighted by Gasteiger charge is 2.50. The molecule has 0 atom stereocenters. The molecule has 0 bridgehead atoms. The molecule has 7 nitrogen and oxygen atoms in total. The van der Waals surface area contributed by atoms with Crippen LogP contribution < -0.4 is 5.49 Å². The smallest absolute Gasteiger partial charge is 0.148 e. The van der Waals surface area contributed by atoms with Crippen molar-refractivity contribution in [1.29, 1.82) is 16.2 Å².